The summed E-state index contributed by atoms with van der Waals surface area (Å²) in [4.78, 5) is 47.5. The number of thioether (sulfide) groups is 1. The SMILES string of the molecule is CCC(C)(CC(C)(C)C(=O)OCCOC(=O)OCSCC(C)C(C)=O)C(=O)OCCC(F)(F)F. The highest BCUT2D eigenvalue weighted by Gasteiger charge is 2.43. The van der Waals surface area contributed by atoms with E-state index in [0.29, 0.717) is 5.75 Å². The van der Waals surface area contributed by atoms with Crippen LogP contribution in [-0.2, 0) is 33.3 Å². The number of ketones is 1. The lowest BCUT2D eigenvalue weighted by Crippen LogP contribution is -2.39. The first-order chi connectivity index (χ1) is 15.5. The third kappa shape index (κ3) is 13.0. The van der Waals surface area contributed by atoms with Crippen LogP contribution in [0.1, 0.15) is 60.8 Å². The van der Waals surface area contributed by atoms with E-state index in [1.165, 1.54) is 25.6 Å². The average Bonchev–Trinajstić information content (AvgIpc) is 2.72. The van der Waals surface area contributed by atoms with Gasteiger partial charge in [0.1, 0.15) is 24.9 Å². The van der Waals surface area contributed by atoms with Crippen LogP contribution in [0, 0.1) is 16.7 Å². The highest BCUT2D eigenvalue weighted by molar-refractivity contribution is 7.99. The Bertz CT molecular complexity index is 696. The minimum absolute atomic E-state index is 0.0118. The smallest absolute Gasteiger partial charge is 0.465 e. The summed E-state index contributed by atoms with van der Waals surface area (Å²) >= 11 is 1.26. The lowest BCUT2D eigenvalue weighted by molar-refractivity contribution is -0.170. The molecule has 34 heavy (non-hydrogen) atoms. The molecule has 0 radical (unpaired) electrons. The topological polar surface area (TPSA) is 105 Å². The summed E-state index contributed by atoms with van der Waals surface area (Å²) in [7, 11) is 0. The predicted octanol–water partition coefficient (Wildman–Crippen LogP) is 4.93. The fourth-order valence-corrected chi connectivity index (χ4v) is 3.62. The first kappa shape index (κ1) is 32.0. The second-order valence-electron chi connectivity index (χ2n) is 8.86. The second kappa shape index (κ2) is 14.4. The Hall–Kier alpha value is -1.98. The van der Waals surface area contributed by atoms with Gasteiger partial charge in [-0.2, -0.15) is 13.2 Å². The van der Waals surface area contributed by atoms with Crippen molar-refractivity contribution in [3.8, 4) is 0 Å². The Balaban J connectivity index is 4.44. The number of halogens is 3. The van der Waals surface area contributed by atoms with E-state index in [9.17, 15) is 32.3 Å². The molecule has 0 amide bonds. The van der Waals surface area contributed by atoms with Crippen molar-refractivity contribution in [2.45, 2.75) is 67.0 Å². The molecule has 0 saturated heterocycles. The van der Waals surface area contributed by atoms with E-state index in [4.69, 9.17) is 18.9 Å². The molecule has 12 heteroatoms. The first-order valence-electron chi connectivity index (χ1n) is 10.8. The van der Waals surface area contributed by atoms with Gasteiger partial charge in [-0.1, -0.05) is 13.8 Å². The number of carbonyl (C=O) groups excluding carboxylic acids is 4. The average molecular weight is 517 g/mol. The van der Waals surface area contributed by atoms with Crippen molar-refractivity contribution in [2.24, 2.45) is 16.7 Å². The van der Waals surface area contributed by atoms with Gasteiger partial charge in [0.05, 0.1) is 23.9 Å². The number of hydrogen-bond acceptors (Lipinski definition) is 9. The normalized spacial score (nSPS) is 14.5. The van der Waals surface area contributed by atoms with Crippen LogP contribution in [0.2, 0.25) is 0 Å². The molecule has 2 atom stereocenters. The van der Waals surface area contributed by atoms with Crippen LogP contribution in [0.25, 0.3) is 0 Å². The zero-order valence-corrected chi connectivity index (χ0v) is 21.4. The summed E-state index contributed by atoms with van der Waals surface area (Å²) in [6, 6.07) is 0. The van der Waals surface area contributed by atoms with Crippen LogP contribution in [0.3, 0.4) is 0 Å². The summed E-state index contributed by atoms with van der Waals surface area (Å²) in [6.45, 7) is 8.24. The maximum Gasteiger partial charge on any atom is 0.509 e. The number of hydrogen-bond donors (Lipinski definition) is 0. The molecule has 0 aliphatic heterocycles. The van der Waals surface area contributed by atoms with Crippen molar-refractivity contribution in [3.63, 3.8) is 0 Å². The van der Waals surface area contributed by atoms with E-state index >= 15 is 0 Å². The summed E-state index contributed by atoms with van der Waals surface area (Å²) in [6.07, 6.45) is -6.40. The molecule has 198 valence electrons. The van der Waals surface area contributed by atoms with Crippen molar-refractivity contribution in [3.05, 3.63) is 0 Å². The quantitative estimate of drug-likeness (QED) is 0.130. The fourth-order valence-electron chi connectivity index (χ4n) is 2.75. The molecule has 0 spiro atoms. The van der Waals surface area contributed by atoms with E-state index in [2.05, 4.69) is 0 Å². The van der Waals surface area contributed by atoms with Gasteiger partial charge in [0.15, 0.2) is 0 Å². The van der Waals surface area contributed by atoms with Gasteiger partial charge in [0, 0.05) is 11.7 Å². The van der Waals surface area contributed by atoms with Gasteiger partial charge in [-0.25, -0.2) is 4.79 Å². The van der Waals surface area contributed by atoms with Crippen molar-refractivity contribution < 1.29 is 51.3 Å². The molecule has 0 N–H and O–H groups in total. The summed E-state index contributed by atoms with van der Waals surface area (Å²) in [5, 5.41) is 0. The lowest BCUT2D eigenvalue weighted by atomic mass is 9.72. The van der Waals surface area contributed by atoms with Gasteiger partial charge in [-0.3, -0.25) is 14.4 Å². The summed E-state index contributed by atoms with van der Waals surface area (Å²) in [5.74, 6) is -1.08. The van der Waals surface area contributed by atoms with Crippen molar-refractivity contribution in [2.75, 3.05) is 31.5 Å². The van der Waals surface area contributed by atoms with Crippen LogP contribution < -0.4 is 0 Å². The maximum atomic E-state index is 12.5. The molecule has 0 bridgehead atoms. The number of alkyl halides is 3. The molecule has 0 aromatic rings. The molecule has 0 heterocycles. The molecule has 0 aliphatic rings. The van der Waals surface area contributed by atoms with Crippen molar-refractivity contribution >= 4 is 35.6 Å². The van der Waals surface area contributed by atoms with Gasteiger partial charge < -0.3 is 18.9 Å². The molecule has 0 saturated carbocycles. The molecule has 0 rings (SSSR count). The Kier molecular flexibility index (Phi) is 13.6. The van der Waals surface area contributed by atoms with E-state index in [-0.39, 0.29) is 43.7 Å². The number of Topliss-reactive ketones (excluding diaryl/α,β-unsaturated/α-hetero) is 1. The first-order valence-corrected chi connectivity index (χ1v) is 12.0. The molecule has 0 fully saturated rings. The van der Waals surface area contributed by atoms with Crippen molar-refractivity contribution in [1.82, 2.24) is 0 Å². The summed E-state index contributed by atoms with van der Waals surface area (Å²) < 4.78 is 56.4. The molecule has 8 nitrogen and oxygen atoms in total. The highest BCUT2D eigenvalue weighted by atomic mass is 32.2. The second-order valence-corrected chi connectivity index (χ2v) is 9.83. The number of esters is 2. The zero-order chi connectivity index (χ0) is 26.6. The molecular weight excluding hydrogens is 481 g/mol. The Morgan fingerprint density at radius 1 is 0.882 bits per heavy atom. The standard InChI is InChI=1S/C22H35F3O8S/c1-7-21(6,18(28)30-9-8-22(23,24)25)13-20(4,5)17(27)31-10-11-32-19(29)33-14-34-12-15(2)16(3)26/h15H,7-14H2,1-6H3. The van der Waals surface area contributed by atoms with E-state index in [1.807, 2.05) is 0 Å². The van der Waals surface area contributed by atoms with Gasteiger partial charge >= 0.3 is 24.3 Å². The largest absolute Gasteiger partial charge is 0.509 e. The lowest BCUT2D eigenvalue weighted by Gasteiger charge is -2.33. The molecular formula is C22H35F3O8S. The zero-order valence-electron chi connectivity index (χ0n) is 20.5. The van der Waals surface area contributed by atoms with Gasteiger partial charge in [0.25, 0.3) is 0 Å². The third-order valence-electron chi connectivity index (χ3n) is 5.13. The number of ether oxygens (including phenoxy) is 4. The van der Waals surface area contributed by atoms with E-state index < -0.39 is 48.1 Å². The fraction of sp³-hybridized carbons (Fsp3) is 0.818. The van der Waals surface area contributed by atoms with Crippen LogP contribution in [0.5, 0.6) is 0 Å². The van der Waals surface area contributed by atoms with Gasteiger partial charge in [-0.15, -0.1) is 11.8 Å². The Morgan fingerprint density at radius 2 is 1.44 bits per heavy atom. The van der Waals surface area contributed by atoms with Crippen molar-refractivity contribution in [1.29, 1.82) is 0 Å². The maximum absolute atomic E-state index is 12.5. The molecule has 0 aromatic carbocycles. The molecule has 0 aliphatic carbocycles. The predicted molar refractivity (Wildman–Crippen MR) is 119 cm³/mol. The minimum atomic E-state index is -4.44. The van der Waals surface area contributed by atoms with Crippen LogP contribution in [-0.4, -0.2) is 61.6 Å². The monoisotopic (exact) mass is 516 g/mol. The Labute approximate surface area is 202 Å². The Morgan fingerprint density at radius 3 is 1.97 bits per heavy atom. The molecule has 0 aromatic heterocycles. The summed E-state index contributed by atoms with van der Waals surface area (Å²) in [5.41, 5.74) is -2.34. The highest BCUT2D eigenvalue weighted by Crippen LogP contribution is 2.38. The van der Waals surface area contributed by atoms with Crippen LogP contribution in [0.4, 0.5) is 18.0 Å². The van der Waals surface area contributed by atoms with Gasteiger partial charge in [-0.05, 0) is 40.5 Å². The number of rotatable bonds is 15. The van der Waals surface area contributed by atoms with Crippen LogP contribution in [0.15, 0.2) is 0 Å². The minimum Gasteiger partial charge on any atom is -0.465 e. The molecule has 2 unspecified atom stereocenters. The van der Waals surface area contributed by atoms with E-state index in [0.717, 1.165) is 0 Å². The van der Waals surface area contributed by atoms with Crippen LogP contribution >= 0.6 is 11.8 Å². The van der Waals surface area contributed by atoms with Gasteiger partial charge in [0.2, 0.25) is 0 Å². The number of carbonyl (C=O) groups is 4. The van der Waals surface area contributed by atoms with E-state index in [1.54, 1.807) is 27.7 Å². The third-order valence-corrected chi connectivity index (χ3v) is 6.16.